The van der Waals surface area contributed by atoms with E-state index in [-0.39, 0.29) is 17.5 Å². The molecular formula is C7H12ClF3N2O2. The Bertz CT molecular complexity index is 243. The largest absolute Gasteiger partial charge is 0.408 e. The van der Waals surface area contributed by atoms with E-state index in [4.69, 9.17) is 5.73 Å². The summed E-state index contributed by atoms with van der Waals surface area (Å²) in [5, 5.41) is 0.257. The van der Waals surface area contributed by atoms with Crippen molar-refractivity contribution in [1.29, 1.82) is 0 Å². The molecule has 2 N–H and O–H groups in total. The molecule has 90 valence electrons. The number of nitrogens with zero attached hydrogens (tertiary/aromatic N) is 1. The highest BCUT2D eigenvalue weighted by Gasteiger charge is 2.50. The first-order valence-electron chi connectivity index (χ1n) is 4.00. The van der Waals surface area contributed by atoms with E-state index >= 15 is 0 Å². The third kappa shape index (κ3) is 3.84. The van der Waals surface area contributed by atoms with Crippen molar-refractivity contribution in [3.63, 3.8) is 0 Å². The molecular weight excluding hydrogens is 237 g/mol. The first-order valence-corrected chi connectivity index (χ1v) is 4.00. The first kappa shape index (κ1) is 14.5. The highest BCUT2D eigenvalue weighted by atomic mass is 35.5. The van der Waals surface area contributed by atoms with Crippen LogP contribution in [-0.4, -0.2) is 36.3 Å². The number of alkyl halides is 3. The zero-order chi connectivity index (χ0) is 11.0. The molecule has 1 saturated carbocycles. The van der Waals surface area contributed by atoms with Crippen LogP contribution in [0.2, 0.25) is 0 Å². The predicted molar refractivity (Wildman–Crippen MR) is 48.2 cm³/mol. The van der Waals surface area contributed by atoms with Crippen LogP contribution in [0.3, 0.4) is 0 Å². The summed E-state index contributed by atoms with van der Waals surface area (Å²) >= 11 is 0. The topological polar surface area (TPSA) is 55.6 Å². The summed E-state index contributed by atoms with van der Waals surface area (Å²) < 4.78 is 35.8. The number of amides is 1. The van der Waals surface area contributed by atoms with E-state index in [0.717, 1.165) is 7.11 Å². The van der Waals surface area contributed by atoms with Crippen LogP contribution in [0.25, 0.3) is 0 Å². The van der Waals surface area contributed by atoms with E-state index in [1.54, 1.807) is 0 Å². The molecule has 0 aromatic rings. The van der Waals surface area contributed by atoms with Crippen molar-refractivity contribution in [1.82, 2.24) is 5.06 Å². The lowest BCUT2D eigenvalue weighted by Crippen LogP contribution is -2.48. The lowest BCUT2D eigenvalue weighted by Gasteiger charge is -2.23. The zero-order valence-electron chi connectivity index (χ0n) is 8.00. The van der Waals surface area contributed by atoms with Gasteiger partial charge in [0.15, 0.2) is 0 Å². The second-order valence-corrected chi connectivity index (χ2v) is 3.30. The van der Waals surface area contributed by atoms with Gasteiger partial charge in [-0.05, 0) is 12.8 Å². The summed E-state index contributed by atoms with van der Waals surface area (Å²) in [6.45, 7) is -1.43. The Labute approximate surface area is 90.9 Å². The number of carbonyl (C=O) groups excluding carboxylic acids is 1. The van der Waals surface area contributed by atoms with Gasteiger partial charge in [0.25, 0.3) is 5.91 Å². The third-order valence-corrected chi connectivity index (χ3v) is 1.98. The van der Waals surface area contributed by atoms with Gasteiger partial charge in [0.05, 0.1) is 12.6 Å². The summed E-state index contributed by atoms with van der Waals surface area (Å²) in [6.07, 6.45) is -3.66. The Hall–Kier alpha value is -0.530. The fourth-order valence-electron chi connectivity index (χ4n) is 0.979. The van der Waals surface area contributed by atoms with Crippen LogP contribution in [-0.2, 0) is 9.63 Å². The summed E-state index contributed by atoms with van der Waals surface area (Å²) in [5.74, 6) is -0.808. The van der Waals surface area contributed by atoms with Gasteiger partial charge in [-0.2, -0.15) is 13.2 Å². The summed E-state index contributed by atoms with van der Waals surface area (Å²) in [7, 11) is 1.01. The minimum atomic E-state index is -4.48. The number of rotatable bonds is 3. The molecule has 1 aliphatic carbocycles. The molecule has 1 rings (SSSR count). The number of hydrogen-bond donors (Lipinski definition) is 1. The van der Waals surface area contributed by atoms with E-state index in [0.29, 0.717) is 12.8 Å². The van der Waals surface area contributed by atoms with E-state index < -0.39 is 24.2 Å². The molecule has 0 radical (unpaired) electrons. The monoisotopic (exact) mass is 248 g/mol. The van der Waals surface area contributed by atoms with Gasteiger partial charge < -0.3 is 5.73 Å². The molecule has 1 aliphatic rings. The molecule has 8 heteroatoms. The summed E-state index contributed by atoms with van der Waals surface area (Å²) in [5.41, 5.74) is 4.31. The maximum Gasteiger partial charge on any atom is 0.408 e. The molecule has 0 heterocycles. The molecule has 0 aliphatic heterocycles. The average Bonchev–Trinajstić information content (AvgIpc) is 2.78. The Morgan fingerprint density at radius 1 is 1.53 bits per heavy atom. The van der Waals surface area contributed by atoms with Crippen LogP contribution in [0.5, 0.6) is 0 Å². The number of hydrogen-bond acceptors (Lipinski definition) is 3. The molecule has 1 amide bonds. The fourth-order valence-corrected chi connectivity index (χ4v) is 0.979. The van der Waals surface area contributed by atoms with Crippen LogP contribution in [0, 0.1) is 0 Å². The molecule has 0 aromatic heterocycles. The highest BCUT2D eigenvalue weighted by molar-refractivity contribution is 5.88. The normalized spacial score (nSPS) is 17.9. The number of carbonyl (C=O) groups is 1. The molecule has 0 atom stereocenters. The minimum Gasteiger partial charge on any atom is -0.317 e. The maximum absolute atomic E-state index is 11.9. The molecule has 0 saturated heterocycles. The van der Waals surface area contributed by atoms with Crippen molar-refractivity contribution < 1.29 is 22.8 Å². The number of hydroxylamine groups is 2. The molecule has 0 aromatic carbocycles. The second kappa shape index (κ2) is 4.54. The van der Waals surface area contributed by atoms with E-state index in [1.807, 2.05) is 0 Å². The van der Waals surface area contributed by atoms with Gasteiger partial charge >= 0.3 is 6.18 Å². The van der Waals surface area contributed by atoms with Gasteiger partial charge in [-0.1, -0.05) is 0 Å². The van der Waals surface area contributed by atoms with Crippen LogP contribution in [0.1, 0.15) is 12.8 Å². The molecule has 0 spiro atoms. The first-order chi connectivity index (χ1) is 6.28. The lowest BCUT2D eigenvalue weighted by atomic mass is 10.2. The van der Waals surface area contributed by atoms with Gasteiger partial charge in [0.2, 0.25) is 0 Å². The average molecular weight is 249 g/mol. The smallest absolute Gasteiger partial charge is 0.317 e. The summed E-state index contributed by atoms with van der Waals surface area (Å²) in [4.78, 5) is 15.7. The molecule has 0 bridgehead atoms. The van der Waals surface area contributed by atoms with Crippen molar-refractivity contribution in [2.75, 3.05) is 13.7 Å². The lowest BCUT2D eigenvalue weighted by molar-refractivity contribution is -0.224. The van der Waals surface area contributed by atoms with Crippen LogP contribution in [0.4, 0.5) is 13.2 Å². The zero-order valence-corrected chi connectivity index (χ0v) is 8.82. The SMILES string of the molecule is CON(CC(F)(F)F)C(=O)C1(N)CC1.Cl. The predicted octanol–water partition coefficient (Wildman–Crippen LogP) is 0.852. The Balaban J connectivity index is 0.00000196. The van der Waals surface area contributed by atoms with Gasteiger partial charge in [0.1, 0.15) is 6.54 Å². The van der Waals surface area contributed by atoms with Crippen LogP contribution < -0.4 is 5.73 Å². The molecule has 1 fully saturated rings. The molecule has 4 nitrogen and oxygen atoms in total. The van der Waals surface area contributed by atoms with Crippen LogP contribution in [0.15, 0.2) is 0 Å². The van der Waals surface area contributed by atoms with Gasteiger partial charge in [-0.25, -0.2) is 5.06 Å². The Kier molecular flexibility index (Phi) is 4.38. The summed E-state index contributed by atoms with van der Waals surface area (Å²) in [6, 6.07) is 0. The van der Waals surface area contributed by atoms with E-state index in [2.05, 4.69) is 4.84 Å². The van der Waals surface area contributed by atoms with Crippen molar-refractivity contribution in [3.05, 3.63) is 0 Å². The highest BCUT2D eigenvalue weighted by Crippen LogP contribution is 2.34. The fraction of sp³-hybridized carbons (Fsp3) is 0.857. The Morgan fingerprint density at radius 3 is 2.27 bits per heavy atom. The van der Waals surface area contributed by atoms with Gasteiger partial charge in [-0.15, -0.1) is 12.4 Å². The van der Waals surface area contributed by atoms with Crippen molar-refractivity contribution in [2.24, 2.45) is 5.73 Å². The number of halogens is 4. The second-order valence-electron chi connectivity index (χ2n) is 3.30. The van der Waals surface area contributed by atoms with Crippen LogP contribution >= 0.6 is 12.4 Å². The van der Waals surface area contributed by atoms with Gasteiger partial charge in [-0.3, -0.25) is 9.63 Å². The van der Waals surface area contributed by atoms with Gasteiger partial charge in [0, 0.05) is 0 Å². The van der Waals surface area contributed by atoms with E-state index in [1.165, 1.54) is 0 Å². The van der Waals surface area contributed by atoms with Crippen molar-refractivity contribution in [2.45, 2.75) is 24.6 Å². The van der Waals surface area contributed by atoms with Crippen molar-refractivity contribution in [3.8, 4) is 0 Å². The molecule has 0 unspecified atom stereocenters. The standard InChI is InChI=1S/C7H11F3N2O2.ClH/c1-14-12(4-7(8,9)10)5(13)6(11)2-3-6;/h2-4,11H2,1H3;1H. The quantitative estimate of drug-likeness (QED) is 0.754. The minimum absolute atomic E-state index is 0. The van der Waals surface area contributed by atoms with E-state index in [9.17, 15) is 18.0 Å². The third-order valence-electron chi connectivity index (χ3n) is 1.98. The maximum atomic E-state index is 11.9. The Morgan fingerprint density at radius 2 is 2.00 bits per heavy atom. The van der Waals surface area contributed by atoms with Crippen molar-refractivity contribution >= 4 is 18.3 Å². The molecule has 15 heavy (non-hydrogen) atoms. The number of nitrogens with two attached hydrogens (primary N) is 1.